The number of hydrogen-bond acceptors (Lipinski definition) is 4. The van der Waals surface area contributed by atoms with Crippen molar-refractivity contribution in [2.45, 2.75) is 49.7 Å². The molecule has 33 heavy (non-hydrogen) atoms. The van der Waals surface area contributed by atoms with Crippen LogP contribution in [-0.4, -0.2) is 56.8 Å². The molecule has 0 spiro atoms. The number of benzene rings is 2. The fourth-order valence-electron chi connectivity index (χ4n) is 6.25. The number of nitrogens with one attached hydrogen (secondary N) is 1. The van der Waals surface area contributed by atoms with Crippen molar-refractivity contribution >= 4 is 5.91 Å². The molecular formula is C28H36N2O3. The highest BCUT2D eigenvalue weighted by Gasteiger charge is 2.53. The lowest BCUT2D eigenvalue weighted by molar-refractivity contribution is -0.0678. The number of carbonyl (C=O) groups excluding carboxylic acids is 1. The molecule has 2 saturated carbocycles. The van der Waals surface area contributed by atoms with E-state index < -0.39 is 0 Å². The Morgan fingerprint density at radius 3 is 2.67 bits per heavy atom. The monoisotopic (exact) mass is 448 g/mol. The minimum absolute atomic E-state index is 0.000801. The van der Waals surface area contributed by atoms with Crippen LogP contribution in [0.25, 0.3) is 0 Å². The van der Waals surface area contributed by atoms with E-state index >= 15 is 0 Å². The largest absolute Gasteiger partial charge is 0.497 e. The Kier molecular flexibility index (Phi) is 6.44. The van der Waals surface area contributed by atoms with E-state index in [0.29, 0.717) is 11.5 Å². The summed E-state index contributed by atoms with van der Waals surface area (Å²) in [4.78, 5) is 15.7. The molecule has 1 N–H and O–H groups in total. The molecule has 4 atom stereocenters. The van der Waals surface area contributed by atoms with Gasteiger partial charge in [-0.05, 0) is 74.4 Å². The molecule has 3 fully saturated rings. The molecule has 1 heterocycles. The van der Waals surface area contributed by atoms with Crippen LogP contribution < -0.4 is 10.1 Å². The molecule has 2 aliphatic carbocycles. The third-order valence-electron chi connectivity index (χ3n) is 8.15. The van der Waals surface area contributed by atoms with Crippen LogP contribution in [0, 0.1) is 11.8 Å². The van der Waals surface area contributed by atoms with Gasteiger partial charge in [0.15, 0.2) is 0 Å². The first-order valence-corrected chi connectivity index (χ1v) is 12.4. The number of methoxy groups -OCH3 is 2. The smallest absolute Gasteiger partial charge is 0.251 e. The number of amides is 1. The van der Waals surface area contributed by atoms with Crippen molar-refractivity contribution in [2.75, 3.05) is 33.9 Å². The van der Waals surface area contributed by atoms with Gasteiger partial charge < -0.3 is 19.7 Å². The molecule has 1 aliphatic heterocycles. The van der Waals surface area contributed by atoms with Crippen LogP contribution >= 0.6 is 0 Å². The average molecular weight is 449 g/mol. The van der Waals surface area contributed by atoms with Crippen molar-refractivity contribution in [1.29, 1.82) is 0 Å². The first kappa shape index (κ1) is 22.4. The van der Waals surface area contributed by atoms with E-state index in [0.717, 1.165) is 44.0 Å². The summed E-state index contributed by atoms with van der Waals surface area (Å²) in [6.07, 6.45) is 5.72. The van der Waals surface area contributed by atoms with Gasteiger partial charge in [0.05, 0.1) is 13.2 Å². The van der Waals surface area contributed by atoms with Crippen LogP contribution in [0.2, 0.25) is 0 Å². The molecule has 1 unspecified atom stereocenters. The highest BCUT2D eigenvalue weighted by atomic mass is 16.5. The number of nitrogens with zero attached hydrogens (tertiary/aromatic N) is 1. The molecule has 0 bridgehead atoms. The Morgan fingerprint density at radius 2 is 1.94 bits per heavy atom. The second kappa shape index (κ2) is 9.47. The molecule has 1 amide bonds. The summed E-state index contributed by atoms with van der Waals surface area (Å²) < 4.78 is 11.7. The number of carbonyl (C=O) groups is 1. The van der Waals surface area contributed by atoms with Gasteiger partial charge in [-0.1, -0.05) is 30.3 Å². The van der Waals surface area contributed by atoms with E-state index in [9.17, 15) is 4.79 Å². The van der Waals surface area contributed by atoms with Gasteiger partial charge in [-0.2, -0.15) is 0 Å². The highest BCUT2D eigenvalue weighted by Crippen LogP contribution is 2.51. The lowest BCUT2D eigenvalue weighted by Gasteiger charge is -2.55. The van der Waals surface area contributed by atoms with E-state index in [4.69, 9.17) is 9.47 Å². The zero-order chi connectivity index (χ0) is 22.8. The Bertz CT molecular complexity index is 961. The van der Waals surface area contributed by atoms with Gasteiger partial charge in [-0.25, -0.2) is 0 Å². The number of likely N-dealkylation sites (tertiary alicyclic amines) is 1. The summed E-state index contributed by atoms with van der Waals surface area (Å²) in [5.74, 6) is 2.18. The number of ether oxygens (including phenoxy) is 2. The maximum Gasteiger partial charge on any atom is 0.251 e. The molecule has 0 aromatic heterocycles. The molecule has 176 valence electrons. The Hall–Kier alpha value is -2.37. The standard InChI is InChI=1S/C28H36N2O3/c1-32-24-10-6-9-22(15-24)28-13-14-30(18-20-11-12-20)19-25(28)26(33-2)16-23(17-28)29-27(31)21-7-4-3-5-8-21/h3-10,15,20,23,25-26H,11-14,16-19H2,1-2H3,(H,29,31)/t23-,25+,26?,28+/m1/s1. The lowest BCUT2D eigenvalue weighted by Crippen LogP contribution is -2.61. The van der Waals surface area contributed by atoms with E-state index in [1.165, 1.54) is 24.9 Å². The summed E-state index contributed by atoms with van der Waals surface area (Å²) in [5.41, 5.74) is 1.99. The van der Waals surface area contributed by atoms with Crippen LogP contribution in [0.1, 0.15) is 48.0 Å². The number of hydrogen-bond donors (Lipinski definition) is 1. The summed E-state index contributed by atoms with van der Waals surface area (Å²) in [6, 6.07) is 18.2. The summed E-state index contributed by atoms with van der Waals surface area (Å²) >= 11 is 0. The van der Waals surface area contributed by atoms with E-state index in [1.54, 1.807) is 7.11 Å². The zero-order valence-corrected chi connectivity index (χ0v) is 19.8. The number of fused-ring (bicyclic) bond motifs is 1. The van der Waals surface area contributed by atoms with Crippen LogP contribution in [0.5, 0.6) is 5.75 Å². The van der Waals surface area contributed by atoms with E-state index in [-0.39, 0.29) is 23.5 Å². The van der Waals surface area contributed by atoms with Gasteiger partial charge >= 0.3 is 0 Å². The van der Waals surface area contributed by atoms with Crippen LogP contribution in [0.15, 0.2) is 54.6 Å². The fraction of sp³-hybridized carbons (Fsp3) is 0.536. The fourth-order valence-corrected chi connectivity index (χ4v) is 6.25. The molecule has 0 radical (unpaired) electrons. The van der Waals surface area contributed by atoms with Crippen molar-refractivity contribution in [3.63, 3.8) is 0 Å². The SMILES string of the molecule is COc1cccc([C@@]23CCN(CC4CC4)C[C@H]2C(OC)C[C@@H](NC(=O)c2ccccc2)C3)c1. The summed E-state index contributed by atoms with van der Waals surface area (Å²) in [5, 5.41) is 3.35. The van der Waals surface area contributed by atoms with E-state index in [2.05, 4.69) is 28.4 Å². The van der Waals surface area contributed by atoms with Crippen LogP contribution in [-0.2, 0) is 10.2 Å². The molecule has 2 aromatic rings. The van der Waals surface area contributed by atoms with Crippen LogP contribution in [0.3, 0.4) is 0 Å². The van der Waals surface area contributed by atoms with E-state index in [1.807, 2.05) is 43.5 Å². The Morgan fingerprint density at radius 1 is 1.12 bits per heavy atom. The molecule has 5 rings (SSSR count). The maximum atomic E-state index is 13.0. The van der Waals surface area contributed by atoms with Gasteiger partial charge in [0.2, 0.25) is 0 Å². The molecule has 5 heteroatoms. The normalized spacial score (nSPS) is 29.8. The molecule has 3 aliphatic rings. The second-order valence-corrected chi connectivity index (χ2v) is 10.2. The van der Waals surface area contributed by atoms with Crippen molar-refractivity contribution < 1.29 is 14.3 Å². The topological polar surface area (TPSA) is 50.8 Å². The van der Waals surface area contributed by atoms with Crippen LogP contribution in [0.4, 0.5) is 0 Å². The molecule has 5 nitrogen and oxygen atoms in total. The molecular weight excluding hydrogens is 412 g/mol. The second-order valence-electron chi connectivity index (χ2n) is 10.2. The predicted molar refractivity (Wildman–Crippen MR) is 130 cm³/mol. The zero-order valence-electron chi connectivity index (χ0n) is 19.8. The van der Waals surface area contributed by atoms with Gasteiger partial charge in [-0.15, -0.1) is 0 Å². The minimum atomic E-state index is -0.0395. The van der Waals surface area contributed by atoms with Gasteiger partial charge in [0, 0.05) is 43.1 Å². The van der Waals surface area contributed by atoms with Crippen molar-refractivity contribution in [3.8, 4) is 5.75 Å². The summed E-state index contributed by atoms with van der Waals surface area (Å²) in [6.45, 7) is 3.38. The lowest BCUT2D eigenvalue weighted by atomic mass is 9.57. The average Bonchev–Trinajstić information content (AvgIpc) is 3.68. The molecule has 1 saturated heterocycles. The Balaban J connectivity index is 1.45. The quantitative estimate of drug-likeness (QED) is 0.687. The number of rotatable bonds is 7. The minimum Gasteiger partial charge on any atom is -0.497 e. The Labute approximate surface area is 197 Å². The first-order chi connectivity index (χ1) is 16.1. The van der Waals surface area contributed by atoms with Gasteiger partial charge in [-0.3, -0.25) is 4.79 Å². The van der Waals surface area contributed by atoms with Gasteiger partial charge in [0.25, 0.3) is 5.91 Å². The van der Waals surface area contributed by atoms with Crippen molar-refractivity contribution in [2.24, 2.45) is 11.8 Å². The highest BCUT2D eigenvalue weighted by molar-refractivity contribution is 5.94. The number of piperidine rings is 1. The van der Waals surface area contributed by atoms with Gasteiger partial charge in [0.1, 0.15) is 5.75 Å². The third kappa shape index (κ3) is 4.67. The first-order valence-electron chi connectivity index (χ1n) is 12.4. The van der Waals surface area contributed by atoms with Crippen molar-refractivity contribution in [3.05, 3.63) is 65.7 Å². The third-order valence-corrected chi connectivity index (χ3v) is 8.15. The molecule has 2 aromatic carbocycles. The van der Waals surface area contributed by atoms with Crippen molar-refractivity contribution in [1.82, 2.24) is 10.2 Å². The summed E-state index contributed by atoms with van der Waals surface area (Å²) in [7, 11) is 3.57. The maximum absolute atomic E-state index is 13.0. The predicted octanol–water partition coefficient (Wildman–Crippen LogP) is 4.27.